The van der Waals surface area contributed by atoms with Crippen LogP contribution in [0.3, 0.4) is 0 Å². The fourth-order valence-electron chi connectivity index (χ4n) is 14.1. The first-order valence-corrected chi connectivity index (χ1v) is 29.3. The van der Waals surface area contributed by atoms with Gasteiger partial charge in [0, 0.05) is 0 Å². The summed E-state index contributed by atoms with van der Waals surface area (Å²) in [6.07, 6.45) is 15.1. The second kappa shape index (κ2) is 19.5. The third kappa shape index (κ3) is 10.8. The summed E-state index contributed by atoms with van der Waals surface area (Å²) in [5.74, 6) is 5.36. The van der Waals surface area contributed by atoms with Gasteiger partial charge in [0.05, 0.1) is 35.7 Å². The number of rotatable bonds is 16. The van der Waals surface area contributed by atoms with Gasteiger partial charge < -0.3 is 9.84 Å². The third-order valence-corrected chi connectivity index (χ3v) is 20.3. The van der Waals surface area contributed by atoms with Crippen LogP contribution in [0.15, 0.2) is 82.6 Å². The maximum Gasteiger partial charge on any atom is 0.297 e. The number of hydrogen-bond acceptors (Lipinski definition) is 8. The molecule has 0 radical (unpaired) electrons. The van der Waals surface area contributed by atoms with Gasteiger partial charge in [-0.2, -0.15) is 16.8 Å². The molecule has 10 heteroatoms. The Morgan fingerprint density at radius 2 is 1.17 bits per heavy atom. The molecule has 0 bridgehead atoms. The minimum Gasteiger partial charge on any atom is -0.378 e. The lowest BCUT2D eigenvalue weighted by Gasteiger charge is -2.61. The summed E-state index contributed by atoms with van der Waals surface area (Å²) >= 11 is 0. The minimum atomic E-state index is -4.06. The molecule has 9 atom stereocenters. The molecule has 4 aliphatic carbocycles. The lowest BCUT2D eigenvalue weighted by molar-refractivity contribution is -0.145. The molecule has 0 unspecified atom stereocenters. The first-order valence-electron chi connectivity index (χ1n) is 26.4. The molecule has 4 fully saturated rings. The predicted molar refractivity (Wildman–Crippen MR) is 279 cm³/mol. The van der Waals surface area contributed by atoms with Crippen LogP contribution in [0.5, 0.6) is 0 Å². The van der Waals surface area contributed by atoms with Gasteiger partial charge in [0.1, 0.15) is 5.60 Å². The zero-order valence-electron chi connectivity index (χ0n) is 43.8. The van der Waals surface area contributed by atoms with Crippen LogP contribution in [0.1, 0.15) is 164 Å². The molecule has 4 aliphatic rings. The first-order chi connectivity index (χ1) is 32.2. The summed E-state index contributed by atoms with van der Waals surface area (Å²) in [5, 5.41) is 16.2. The summed E-state index contributed by atoms with van der Waals surface area (Å²) in [6, 6.07) is 21.0. The summed E-state index contributed by atoms with van der Waals surface area (Å²) in [6.45, 7) is 24.2. The van der Waals surface area contributed by atoms with Gasteiger partial charge in [-0.1, -0.05) is 144 Å². The van der Waals surface area contributed by atoms with Crippen LogP contribution in [0, 0.1) is 63.1 Å². The van der Waals surface area contributed by atoms with E-state index >= 15 is 0 Å². The third-order valence-electron chi connectivity index (χ3n) is 17.8. The molecule has 8 nitrogen and oxygen atoms in total. The quantitative estimate of drug-likeness (QED) is 0.110. The number of aliphatic hydroxyl groups is 1. The van der Waals surface area contributed by atoms with Crippen LogP contribution < -0.4 is 0 Å². The van der Waals surface area contributed by atoms with Gasteiger partial charge in [-0.3, -0.25) is 8.37 Å². The molecular weight excluding hydrogens is 901 g/mol. The van der Waals surface area contributed by atoms with Crippen molar-refractivity contribution in [1.29, 1.82) is 0 Å². The van der Waals surface area contributed by atoms with Gasteiger partial charge in [0.15, 0.2) is 0 Å². The van der Waals surface area contributed by atoms with Crippen LogP contribution in [0.4, 0.5) is 0 Å². The molecule has 0 heterocycles. The van der Waals surface area contributed by atoms with Crippen molar-refractivity contribution in [3.05, 3.63) is 83.9 Å². The molecule has 8 rings (SSSR count). The minimum absolute atomic E-state index is 0.0357. The topological polar surface area (TPSA) is 116 Å². The molecule has 0 aromatic heterocycles. The Bertz CT molecular complexity index is 2560. The molecule has 0 aliphatic heterocycles. The van der Waals surface area contributed by atoms with Gasteiger partial charge in [-0.25, -0.2) is 0 Å². The molecule has 4 aromatic carbocycles. The number of hydrogen-bond donors (Lipinski definition) is 1. The molecule has 0 saturated heterocycles. The smallest absolute Gasteiger partial charge is 0.297 e. The van der Waals surface area contributed by atoms with E-state index in [4.69, 9.17) is 13.1 Å². The largest absolute Gasteiger partial charge is 0.378 e. The molecule has 0 amide bonds. The van der Waals surface area contributed by atoms with Crippen LogP contribution >= 0.6 is 0 Å². The second-order valence-corrected chi connectivity index (χ2v) is 28.9. The Labute approximate surface area is 416 Å². The normalized spacial score (nSPS) is 28.4. The molecule has 69 heavy (non-hydrogen) atoms. The second-order valence-electron chi connectivity index (χ2n) is 25.7. The average molecular weight is 985 g/mol. The molecule has 4 saturated carbocycles. The fourth-order valence-corrected chi connectivity index (χ4v) is 16.4. The van der Waals surface area contributed by atoms with Crippen LogP contribution in [0.25, 0.3) is 21.5 Å². The molecule has 380 valence electrons. The Morgan fingerprint density at radius 1 is 0.638 bits per heavy atom. The van der Waals surface area contributed by atoms with E-state index in [1.807, 2.05) is 77.9 Å². The Hall–Kier alpha value is -2.86. The number of fused-ring (bicyclic) bond motifs is 7. The Morgan fingerprint density at radius 3 is 1.71 bits per heavy atom. The zero-order valence-corrected chi connectivity index (χ0v) is 45.4. The molecule has 1 N–H and O–H groups in total. The van der Waals surface area contributed by atoms with Crippen molar-refractivity contribution in [2.45, 2.75) is 175 Å². The SMILES string of the molecule is CC(C)CCC[C@@H](C)[C@H]1CC[C@H]2[C@@H]3CC[C@H]4C[C@@H](OCC(O)(c5cccc6cc(S(=O)(=O)OCC(C)(C)C)ccc56)c5cccc6cc(S(=O)(=O)OCC(C)(C)C)ccc56)CC[C@]4(C)[C@H]3CC[C@]12C. The van der Waals surface area contributed by atoms with E-state index < -0.39 is 25.8 Å². The van der Waals surface area contributed by atoms with E-state index in [0.29, 0.717) is 44.0 Å². The Balaban J connectivity index is 1.07. The highest BCUT2D eigenvalue weighted by Gasteiger charge is 2.60. The molecule has 4 aromatic rings. The van der Waals surface area contributed by atoms with Crippen molar-refractivity contribution in [3.63, 3.8) is 0 Å². The van der Waals surface area contributed by atoms with E-state index in [2.05, 4.69) is 34.6 Å². The summed E-state index contributed by atoms with van der Waals surface area (Å²) in [7, 11) is -8.11. The van der Waals surface area contributed by atoms with Gasteiger partial charge >= 0.3 is 0 Å². The van der Waals surface area contributed by atoms with E-state index in [-0.39, 0.29) is 52.0 Å². The average Bonchev–Trinajstić information content (AvgIpc) is 3.65. The van der Waals surface area contributed by atoms with Crippen molar-refractivity contribution in [2.24, 2.45) is 63.1 Å². The van der Waals surface area contributed by atoms with Crippen molar-refractivity contribution in [2.75, 3.05) is 19.8 Å². The highest BCUT2D eigenvalue weighted by atomic mass is 32.2. The van der Waals surface area contributed by atoms with Crippen LogP contribution in [-0.4, -0.2) is 47.9 Å². The van der Waals surface area contributed by atoms with Gasteiger partial charge in [-0.15, -0.1) is 0 Å². The maximum atomic E-state index is 13.6. The highest BCUT2D eigenvalue weighted by molar-refractivity contribution is 7.87. The van der Waals surface area contributed by atoms with Crippen molar-refractivity contribution in [3.8, 4) is 0 Å². The van der Waals surface area contributed by atoms with E-state index in [0.717, 1.165) is 54.8 Å². The van der Waals surface area contributed by atoms with Crippen molar-refractivity contribution >= 4 is 41.8 Å². The van der Waals surface area contributed by atoms with Gasteiger partial charge in [0.25, 0.3) is 20.2 Å². The van der Waals surface area contributed by atoms with Crippen molar-refractivity contribution in [1.82, 2.24) is 0 Å². The summed E-state index contributed by atoms with van der Waals surface area (Å²) < 4.78 is 71.8. The number of ether oxygens (including phenoxy) is 1. The zero-order chi connectivity index (χ0) is 50.0. The maximum absolute atomic E-state index is 13.6. The predicted octanol–water partition coefficient (Wildman–Crippen LogP) is 14.2. The standard InChI is InChI=1S/C59H84O8S2/c1-39(2)15-12-16-40(3)50-27-28-51-49-24-21-43-35-44(29-31-57(43,10)52(49)30-32-58(50,51)11)65-38-59(60,53-19-13-17-41-33-45(22-25-47(41)53)68(61,62)66-36-55(4,5)6)54-20-14-18-42-34-46(23-26-48(42)54)69(63,64)67-37-56(7,8)9/h13-14,17-20,22-23,25-26,33-34,39-40,43-44,49-52,60H,12,15-16,21,24,27-32,35-38H2,1-11H3/t40-,43+,44+,49+,50-,51+,52+,57+,58-/m1/s1. The summed E-state index contributed by atoms with van der Waals surface area (Å²) in [5.41, 5.74) is -0.523. The van der Waals surface area contributed by atoms with E-state index in [1.54, 1.807) is 36.4 Å². The lowest BCUT2D eigenvalue weighted by Crippen LogP contribution is -2.54. The Kier molecular flexibility index (Phi) is 14.8. The number of benzene rings is 4. The molecule has 0 spiro atoms. The highest BCUT2D eigenvalue weighted by Crippen LogP contribution is 2.68. The monoisotopic (exact) mass is 985 g/mol. The first kappa shape index (κ1) is 52.5. The van der Waals surface area contributed by atoms with Gasteiger partial charge in [-0.05, 0) is 178 Å². The lowest BCUT2D eigenvalue weighted by atomic mass is 9.44. The molecular formula is C59H84O8S2. The fraction of sp³-hybridized carbons (Fsp3) is 0.661. The van der Waals surface area contributed by atoms with Crippen LogP contribution in [-0.2, 0) is 38.9 Å². The van der Waals surface area contributed by atoms with Crippen LogP contribution in [0.2, 0.25) is 0 Å². The van der Waals surface area contributed by atoms with E-state index in [9.17, 15) is 21.9 Å². The summed E-state index contributed by atoms with van der Waals surface area (Å²) in [4.78, 5) is 0.0940. The van der Waals surface area contributed by atoms with E-state index in [1.165, 1.54) is 57.8 Å². The van der Waals surface area contributed by atoms with Crippen molar-refractivity contribution < 1.29 is 35.0 Å². The van der Waals surface area contributed by atoms with Gasteiger partial charge in [0.2, 0.25) is 0 Å².